The van der Waals surface area contributed by atoms with E-state index in [-0.39, 0.29) is 15.7 Å². The van der Waals surface area contributed by atoms with E-state index >= 15 is 0 Å². The molecule has 0 saturated carbocycles. The number of amides is 1. The van der Waals surface area contributed by atoms with Crippen molar-refractivity contribution in [1.29, 1.82) is 0 Å². The van der Waals surface area contributed by atoms with Crippen LogP contribution in [-0.4, -0.2) is 26.0 Å². The summed E-state index contributed by atoms with van der Waals surface area (Å²) in [5.74, 6) is -0.0868. The number of pyridine rings is 1. The van der Waals surface area contributed by atoms with Gasteiger partial charge in [0.25, 0.3) is 5.91 Å². The lowest BCUT2D eigenvalue weighted by Gasteiger charge is -2.27. The molecule has 11 heteroatoms. The highest BCUT2D eigenvalue weighted by molar-refractivity contribution is 7.80. The highest BCUT2D eigenvalue weighted by Gasteiger charge is 2.35. The Labute approximate surface area is 180 Å². The fourth-order valence-corrected chi connectivity index (χ4v) is 2.85. The number of anilines is 1. The van der Waals surface area contributed by atoms with Crippen LogP contribution in [0.4, 0.5) is 5.82 Å². The van der Waals surface area contributed by atoms with E-state index in [0.29, 0.717) is 10.8 Å². The second-order valence-electron chi connectivity index (χ2n) is 4.89. The summed E-state index contributed by atoms with van der Waals surface area (Å²) in [7, 11) is 0. The van der Waals surface area contributed by atoms with Crippen molar-refractivity contribution in [3.63, 3.8) is 0 Å². The first-order chi connectivity index (χ1) is 12.2. The quantitative estimate of drug-likeness (QED) is 0.339. The van der Waals surface area contributed by atoms with Gasteiger partial charge in [-0.15, -0.1) is 0 Å². The Morgan fingerprint density at radius 1 is 1.12 bits per heavy atom. The molecule has 0 spiro atoms. The van der Waals surface area contributed by atoms with Crippen molar-refractivity contribution < 1.29 is 4.79 Å². The Balaban J connectivity index is 2.10. The molecule has 0 radical (unpaired) electrons. The van der Waals surface area contributed by atoms with Crippen molar-refractivity contribution in [2.45, 2.75) is 9.96 Å². The van der Waals surface area contributed by atoms with Crippen LogP contribution in [0.2, 0.25) is 10.0 Å². The van der Waals surface area contributed by atoms with Gasteiger partial charge in [-0.25, -0.2) is 4.98 Å². The number of nitrogens with zero attached hydrogens (tertiary/aromatic N) is 1. The van der Waals surface area contributed by atoms with Crippen LogP contribution >= 0.6 is 70.2 Å². The maximum absolute atomic E-state index is 12.4. The van der Waals surface area contributed by atoms with Crippen molar-refractivity contribution in [2.75, 3.05) is 5.32 Å². The molecule has 2 rings (SSSR count). The minimum atomic E-state index is -1.90. The molecule has 1 aromatic carbocycles. The second-order valence-corrected chi connectivity index (χ2v) is 8.51. The predicted molar refractivity (Wildman–Crippen MR) is 112 cm³/mol. The Hall–Kier alpha value is -1.02. The van der Waals surface area contributed by atoms with E-state index in [1.54, 1.807) is 24.4 Å². The number of nitrogens with one attached hydrogen (secondary N) is 3. The molecule has 5 nitrogen and oxygen atoms in total. The molecule has 0 aliphatic rings. The van der Waals surface area contributed by atoms with Crippen LogP contribution in [0.1, 0.15) is 10.4 Å². The van der Waals surface area contributed by atoms with Gasteiger partial charge in [-0.05, 0) is 42.5 Å². The zero-order valence-electron chi connectivity index (χ0n) is 12.8. The smallest absolute Gasteiger partial charge is 0.254 e. The number of hydrogen-bond acceptors (Lipinski definition) is 3. The number of thiocarbonyl (C=S) groups is 1. The van der Waals surface area contributed by atoms with Crippen LogP contribution < -0.4 is 16.0 Å². The summed E-state index contributed by atoms with van der Waals surface area (Å²) in [4.78, 5) is 16.5. The van der Waals surface area contributed by atoms with E-state index < -0.39 is 15.9 Å². The van der Waals surface area contributed by atoms with Crippen molar-refractivity contribution >= 4 is 87.1 Å². The van der Waals surface area contributed by atoms with Crippen LogP contribution in [0, 0.1) is 0 Å². The number of hydrogen-bond donors (Lipinski definition) is 3. The van der Waals surface area contributed by atoms with Crippen LogP contribution in [0.5, 0.6) is 0 Å². The van der Waals surface area contributed by atoms with Crippen LogP contribution in [-0.2, 0) is 0 Å². The molecule has 0 bridgehead atoms. The van der Waals surface area contributed by atoms with Crippen molar-refractivity contribution in [1.82, 2.24) is 15.6 Å². The fourth-order valence-electron chi connectivity index (χ4n) is 1.80. The minimum Gasteiger partial charge on any atom is -0.339 e. The SMILES string of the molecule is O=C(N[C@H](NC(=S)Nc1ccccn1)C(Cl)(Cl)Cl)c1ccc(Cl)cc1Cl. The standard InChI is InChI=1S/C15H11Cl5N4OS/c16-8-4-5-9(10(17)7-8)12(25)23-13(15(18,19)20)24-14(26)22-11-3-1-2-6-21-11/h1-7,13H,(H,23,25)(H2,21,22,24,26)/t13-/m1/s1. The largest absolute Gasteiger partial charge is 0.339 e. The van der Waals surface area contributed by atoms with Gasteiger partial charge in [0, 0.05) is 11.2 Å². The molecule has 0 unspecified atom stereocenters. The first-order valence-corrected chi connectivity index (χ1v) is 9.28. The van der Waals surface area contributed by atoms with Crippen LogP contribution in [0.25, 0.3) is 0 Å². The molecule has 1 aromatic heterocycles. The van der Waals surface area contributed by atoms with Gasteiger partial charge >= 0.3 is 0 Å². The molecule has 0 saturated heterocycles. The van der Waals surface area contributed by atoms with Gasteiger partial charge < -0.3 is 16.0 Å². The molecule has 1 heterocycles. The number of alkyl halides is 3. The average Bonchev–Trinajstić information content (AvgIpc) is 2.54. The topological polar surface area (TPSA) is 66.1 Å². The molecule has 0 aliphatic carbocycles. The maximum Gasteiger partial charge on any atom is 0.254 e. The van der Waals surface area contributed by atoms with E-state index in [0.717, 1.165) is 0 Å². The monoisotopic (exact) mass is 470 g/mol. The summed E-state index contributed by atoms with van der Waals surface area (Å²) in [6, 6.07) is 9.64. The predicted octanol–water partition coefficient (Wildman–Crippen LogP) is 4.80. The molecule has 1 amide bonds. The molecule has 2 aromatic rings. The maximum atomic E-state index is 12.4. The minimum absolute atomic E-state index is 0.0996. The number of benzene rings is 1. The normalized spacial score (nSPS) is 12.2. The molecular formula is C15H11Cl5N4OS. The van der Waals surface area contributed by atoms with Crippen molar-refractivity contribution in [3.8, 4) is 0 Å². The number of carbonyl (C=O) groups excluding carboxylic acids is 1. The van der Waals surface area contributed by atoms with E-state index in [9.17, 15) is 4.79 Å². The van der Waals surface area contributed by atoms with Gasteiger partial charge in [-0.2, -0.15) is 0 Å². The van der Waals surface area contributed by atoms with Crippen molar-refractivity contribution in [2.24, 2.45) is 0 Å². The Morgan fingerprint density at radius 2 is 1.85 bits per heavy atom. The first kappa shape index (κ1) is 21.3. The average molecular weight is 473 g/mol. The van der Waals surface area contributed by atoms with Crippen LogP contribution in [0.3, 0.4) is 0 Å². The summed E-state index contributed by atoms with van der Waals surface area (Å²) >= 11 is 34.8. The Kier molecular flexibility index (Phi) is 7.58. The molecule has 0 fully saturated rings. The molecule has 3 N–H and O–H groups in total. The summed E-state index contributed by atoms with van der Waals surface area (Å²) < 4.78 is -1.90. The number of halogens is 5. The molecule has 26 heavy (non-hydrogen) atoms. The number of rotatable bonds is 4. The zero-order chi connectivity index (χ0) is 19.3. The summed E-state index contributed by atoms with van der Waals surface area (Å²) in [6.45, 7) is 0. The molecule has 138 valence electrons. The van der Waals surface area contributed by atoms with Gasteiger partial charge in [0.05, 0.1) is 10.6 Å². The number of carbonyl (C=O) groups is 1. The second kappa shape index (κ2) is 9.26. The van der Waals surface area contributed by atoms with Crippen molar-refractivity contribution in [3.05, 3.63) is 58.2 Å². The van der Waals surface area contributed by atoms with Gasteiger partial charge in [-0.1, -0.05) is 64.1 Å². The lowest BCUT2D eigenvalue weighted by molar-refractivity contribution is 0.0934. The van der Waals surface area contributed by atoms with E-state index in [1.165, 1.54) is 18.2 Å². The summed E-state index contributed by atoms with van der Waals surface area (Å²) in [6.07, 6.45) is 0.442. The third kappa shape index (κ3) is 6.30. The van der Waals surface area contributed by atoms with E-state index in [1.807, 2.05) is 0 Å². The highest BCUT2D eigenvalue weighted by atomic mass is 35.6. The van der Waals surface area contributed by atoms with Gasteiger partial charge in [0.2, 0.25) is 3.79 Å². The van der Waals surface area contributed by atoms with Gasteiger partial charge in [-0.3, -0.25) is 4.79 Å². The Bertz CT molecular complexity index is 800. The molecular weight excluding hydrogens is 462 g/mol. The summed E-state index contributed by atoms with van der Waals surface area (Å²) in [5.41, 5.74) is 0.167. The summed E-state index contributed by atoms with van der Waals surface area (Å²) in [5, 5.41) is 8.72. The lowest BCUT2D eigenvalue weighted by Crippen LogP contribution is -2.56. The third-order valence-corrected chi connectivity index (χ3v) is 4.38. The fraction of sp³-hybridized carbons (Fsp3) is 0.133. The molecule has 0 aliphatic heterocycles. The third-order valence-electron chi connectivity index (χ3n) is 2.96. The van der Waals surface area contributed by atoms with Gasteiger partial charge in [0.1, 0.15) is 12.0 Å². The molecule has 1 atom stereocenters. The Morgan fingerprint density at radius 3 is 2.42 bits per heavy atom. The first-order valence-electron chi connectivity index (χ1n) is 6.98. The van der Waals surface area contributed by atoms with Crippen LogP contribution in [0.15, 0.2) is 42.6 Å². The zero-order valence-corrected chi connectivity index (χ0v) is 17.4. The lowest BCUT2D eigenvalue weighted by atomic mass is 10.2. The number of aromatic nitrogens is 1. The van der Waals surface area contributed by atoms with Gasteiger partial charge in [0.15, 0.2) is 5.11 Å². The van der Waals surface area contributed by atoms with E-state index in [2.05, 4.69) is 20.9 Å². The highest BCUT2D eigenvalue weighted by Crippen LogP contribution is 2.30. The van der Waals surface area contributed by atoms with E-state index in [4.69, 9.17) is 70.2 Å².